The van der Waals surface area contributed by atoms with Crippen molar-refractivity contribution in [3.05, 3.63) is 41.7 Å². The van der Waals surface area contributed by atoms with Crippen LogP contribution in [0.25, 0.3) is 5.57 Å². The summed E-state index contributed by atoms with van der Waals surface area (Å²) in [6, 6.07) is 10.8. The molecule has 1 aromatic carbocycles. The second-order valence-corrected chi connectivity index (χ2v) is 3.11. The number of carbonyl (C=O) groups is 1. The highest BCUT2D eigenvalue weighted by atomic mass is 16.6. The Bertz CT molecular complexity index is 457. The van der Waals surface area contributed by atoms with Gasteiger partial charge in [-0.3, -0.25) is 0 Å². The molecule has 0 fully saturated rings. The van der Waals surface area contributed by atoms with Crippen molar-refractivity contribution in [3.63, 3.8) is 0 Å². The first-order chi connectivity index (χ1) is 8.24. The molecule has 0 unspecified atom stereocenters. The molecule has 0 aliphatic rings. The molecule has 0 amide bonds. The number of allylic oxidation sites excluding steroid dienone is 1. The smallest absolute Gasteiger partial charge is 0.375 e. The molecule has 0 saturated carbocycles. The molecule has 0 saturated heterocycles. The van der Waals surface area contributed by atoms with Crippen LogP contribution in [0, 0.1) is 11.3 Å². The Morgan fingerprint density at radius 3 is 2.47 bits per heavy atom. The van der Waals surface area contributed by atoms with E-state index in [0.29, 0.717) is 5.56 Å². The number of carbonyl (C=O) groups excluding carboxylic acids is 1. The lowest BCUT2D eigenvalue weighted by Gasteiger charge is -2.08. The first kappa shape index (κ1) is 12.8. The molecule has 0 spiro atoms. The zero-order chi connectivity index (χ0) is 12.7. The molecule has 0 bridgehead atoms. The highest BCUT2D eigenvalue weighted by molar-refractivity contribution is 5.99. The van der Waals surface area contributed by atoms with Crippen LogP contribution in [0.15, 0.2) is 36.1 Å². The van der Waals surface area contributed by atoms with E-state index in [0.717, 1.165) is 0 Å². The van der Waals surface area contributed by atoms with Crippen LogP contribution in [0.4, 0.5) is 0 Å². The van der Waals surface area contributed by atoms with Gasteiger partial charge >= 0.3 is 5.97 Å². The molecule has 1 rings (SSSR count). The van der Waals surface area contributed by atoms with Gasteiger partial charge in [0.1, 0.15) is 11.6 Å². The predicted molar refractivity (Wildman–Crippen MR) is 62.6 cm³/mol. The number of ether oxygens (including phenoxy) is 2. The summed E-state index contributed by atoms with van der Waals surface area (Å²) in [6.45, 7) is 1.93. The first-order valence-electron chi connectivity index (χ1n) is 5.15. The Morgan fingerprint density at radius 1 is 1.35 bits per heavy atom. The van der Waals surface area contributed by atoms with Gasteiger partial charge in [-0.25, -0.2) is 4.79 Å². The van der Waals surface area contributed by atoms with Gasteiger partial charge in [-0.15, -0.1) is 0 Å². The highest BCUT2D eigenvalue weighted by Crippen LogP contribution is 2.19. The second kappa shape index (κ2) is 6.33. The van der Waals surface area contributed by atoms with Crippen LogP contribution < -0.4 is 0 Å². The summed E-state index contributed by atoms with van der Waals surface area (Å²) < 4.78 is 9.78. The molecular formula is C13H13NO3. The van der Waals surface area contributed by atoms with Gasteiger partial charge in [0.25, 0.3) is 0 Å². The summed E-state index contributed by atoms with van der Waals surface area (Å²) in [7, 11) is 1.34. The summed E-state index contributed by atoms with van der Waals surface area (Å²) in [6.07, 6.45) is 0. The van der Waals surface area contributed by atoms with Crippen molar-refractivity contribution in [2.45, 2.75) is 6.92 Å². The van der Waals surface area contributed by atoms with E-state index in [9.17, 15) is 4.79 Å². The maximum Gasteiger partial charge on any atom is 0.375 e. The third kappa shape index (κ3) is 3.08. The first-order valence-corrected chi connectivity index (χ1v) is 5.15. The van der Waals surface area contributed by atoms with Gasteiger partial charge in [0, 0.05) is 0 Å². The fourth-order valence-electron chi connectivity index (χ4n) is 1.34. The quantitative estimate of drug-likeness (QED) is 0.345. The van der Waals surface area contributed by atoms with Crippen LogP contribution >= 0.6 is 0 Å². The van der Waals surface area contributed by atoms with Crippen LogP contribution in [-0.2, 0) is 14.3 Å². The maximum absolute atomic E-state index is 11.6. The number of methoxy groups -OCH3 is 1. The molecule has 0 aromatic heterocycles. The topological polar surface area (TPSA) is 59.3 Å². The van der Waals surface area contributed by atoms with Crippen molar-refractivity contribution < 1.29 is 14.3 Å². The van der Waals surface area contributed by atoms with Crippen molar-refractivity contribution in [2.75, 3.05) is 13.7 Å². The van der Waals surface area contributed by atoms with Crippen LogP contribution in [0.2, 0.25) is 0 Å². The number of rotatable bonds is 4. The lowest BCUT2D eigenvalue weighted by molar-refractivity contribution is -0.141. The Hall–Kier alpha value is -2.28. The van der Waals surface area contributed by atoms with E-state index in [4.69, 9.17) is 14.7 Å². The lowest BCUT2D eigenvalue weighted by Crippen LogP contribution is -2.11. The van der Waals surface area contributed by atoms with Gasteiger partial charge in [0.2, 0.25) is 5.76 Å². The number of benzene rings is 1. The normalized spacial score (nSPS) is 11.1. The molecule has 4 nitrogen and oxygen atoms in total. The second-order valence-electron chi connectivity index (χ2n) is 3.11. The highest BCUT2D eigenvalue weighted by Gasteiger charge is 2.18. The molecular weight excluding hydrogens is 218 g/mol. The van der Waals surface area contributed by atoms with E-state index in [2.05, 4.69) is 0 Å². The molecule has 0 aliphatic heterocycles. The molecule has 17 heavy (non-hydrogen) atoms. The van der Waals surface area contributed by atoms with E-state index < -0.39 is 5.97 Å². The number of hydrogen-bond donors (Lipinski definition) is 0. The molecule has 0 heterocycles. The Morgan fingerprint density at radius 2 is 2.00 bits per heavy atom. The minimum atomic E-state index is -0.629. The number of nitriles is 1. The van der Waals surface area contributed by atoms with Gasteiger partial charge in [0.05, 0.1) is 13.7 Å². The molecule has 0 radical (unpaired) electrons. The van der Waals surface area contributed by atoms with Crippen LogP contribution in [0.3, 0.4) is 0 Å². The van der Waals surface area contributed by atoms with Crippen molar-refractivity contribution in [1.82, 2.24) is 0 Å². The van der Waals surface area contributed by atoms with Gasteiger partial charge < -0.3 is 9.47 Å². The average Bonchev–Trinajstić information content (AvgIpc) is 2.37. The van der Waals surface area contributed by atoms with E-state index in [1.54, 1.807) is 31.2 Å². The lowest BCUT2D eigenvalue weighted by atomic mass is 10.1. The van der Waals surface area contributed by atoms with E-state index >= 15 is 0 Å². The molecule has 0 atom stereocenters. The summed E-state index contributed by atoms with van der Waals surface area (Å²) in [5.74, 6) is -0.698. The van der Waals surface area contributed by atoms with E-state index in [1.165, 1.54) is 7.11 Å². The zero-order valence-electron chi connectivity index (χ0n) is 9.77. The number of nitrogens with zero attached hydrogens (tertiary/aromatic N) is 1. The molecule has 88 valence electrons. The minimum Gasteiger partial charge on any atom is -0.489 e. The molecule has 4 heteroatoms. The summed E-state index contributed by atoms with van der Waals surface area (Å²) in [4.78, 5) is 11.6. The monoisotopic (exact) mass is 231 g/mol. The predicted octanol–water partition coefficient (Wildman–Crippen LogP) is 2.13. The van der Waals surface area contributed by atoms with Crippen LogP contribution in [0.5, 0.6) is 0 Å². The maximum atomic E-state index is 11.6. The van der Waals surface area contributed by atoms with Crippen molar-refractivity contribution in [1.29, 1.82) is 5.26 Å². The SMILES string of the molecule is CCOC(=O)/C(OC)=C(\C#N)c1ccccc1. The van der Waals surface area contributed by atoms with E-state index in [-0.39, 0.29) is 17.9 Å². The summed E-state index contributed by atoms with van der Waals surface area (Å²) >= 11 is 0. The number of esters is 1. The summed E-state index contributed by atoms with van der Waals surface area (Å²) in [5, 5.41) is 9.10. The fourth-order valence-corrected chi connectivity index (χ4v) is 1.34. The van der Waals surface area contributed by atoms with Gasteiger partial charge in [0.15, 0.2) is 0 Å². The molecule has 0 aliphatic carbocycles. The van der Waals surface area contributed by atoms with Crippen molar-refractivity contribution in [3.8, 4) is 6.07 Å². The standard InChI is InChI=1S/C13H13NO3/c1-3-17-13(15)12(16-2)11(9-14)10-7-5-4-6-8-10/h4-8H,3H2,1-2H3/b12-11-. The van der Waals surface area contributed by atoms with Crippen LogP contribution in [0.1, 0.15) is 12.5 Å². The fraction of sp³-hybridized carbons (Fsp3) is 0.231. The summed E-state index contributed by atoms with van der Waals surface area (Å²) in [5.41, 5.74) is 0.798. The Kier molecular flexibility index (Phi) is 4.77. The molecule has 1 aromatic rings. The van der Waals surface area contributed by atoms with Crippen LogP contribution in [-0.4, -0.2) is 19.7 Å². The zero-order valence-corrected chi connectivity index (χ0v) is 9.77. The van der Waals surface area contributed by atoms with E-state index in [1.807, 2.05) is 12.1 Å². The average molecular weight is 231 g/mol. The Balaban J connectivity index is 3.21. The van der Waals surface area contributed by atoms with Crippen molar-refractivity contribution in [2.24, 2.45) is 0 Å². The molecule has 0 N–H and O–H groups in total. The van der Waals surface area contributed by atoms with Crippen molar-refractivity contribution >= 4 is 11.5 Å². The van der Waals surface area contributed by atoms with Gasteiger partial charge in [-0.1, -0.05) is 30.3 Å². The third-order valence-electron chi connectivity index (χ3n) is 2.07. The Labute approximate surface area is 100 Å². The minimum absolute atomic E-state index is 0.0689. The number of hydrogen-bond acceptors (Lipinski definition) is 4. The largest absolute Gasteiger partial charge is 0.489 e. The van der Waals surface area contributed by atoms with Gasteiger partial charge in [-0.2, -0.15) is 5.26 Å². The third-order valence-corrected chi connectivity index (χ3v) is 2.07. The van der Waals surface area contributed by atoms with Gasteiger partial charge in [-0.05, 0) is 12.5 Å².